The van der Waals surface area contributed by atoms with Gasteiger partial charge in [-0.2, -0.15) is 0 Å². The van der Waals surface area contributed by atoms with Crippen LogP contribution in [0.15, 0.2) is 30.3 Å². The predicted molar refractivity (Wildman–Crippen MR) is 53.5 cm³/mol. The average molecular weight is 196 g/mol. The number of rotatable bonds is 4. The number of hydrogen-bond acceptors (Lipinski definition) is 3. The zero-order valence-corrected chi connectivity index (χ0v) is 8.22. The highest BCUT2D eigenvalue weighted by atomic mass is 16.7. The molecule has 3 N–H and O–H groups in total. The molecule has 1 rings (SSSR count). The van der Waals surface area contributed by atoms with Gasteiger partial charge in [-0.15, -0.1) is 0 Å². The van der Waals surface area contributed by atoms with Crippen molar-refractivity contribution in [2.45, 2.75) is 31.7 Å². The van der Waals surface area contributed by atoms with Crippen molar-refractivity contribution < 1.29 is 15.3 Å². The van der Waals surface area contributed by atoms with Gasteiger partial charge < -0.3 is 15.3 Å². The van der Waals surface area contributed by atoms with Crippen LogP contribution >= 0.6 is 0 Å². The molecule has 1 aromatic rings. The van der Waals surface area contributed by atoms with Gasteiger partial charge in [-0.25, -0.2) is 0 Å². The molecule has 0 aliphatic rings. The summed E-state index contributed by atoms with van der Waals surface area (Å²) in [6.07, 6.45) is 1.32. The minimum Gasteiger partial charge on any atom is -0.343 e. The van der Waals surface area contributed by atoms with E-state index >= 15 is 0 Å². The van der Waals surface area contributed by atoms with Crippen LogP contribution in [0, 0.1) is 0 Å². The van der Waals surface area contributed by atoms with Crippen molar-refractivity contribution in [3.8, 4) is 0 Å². The van der Waals surface area contributed by atoms with E-state index in [4.69, 9.17) is 0 Å². The van der Waals surface area contributed by atoms with Crippen LogP contribution in [0.25, 0.3) is 0 Å². The van der Waals surface area contributed by atoms with Crippen LogP contribution in [-0.2, 0) is 0 Å². The zero-order valence-electron chi connectivity index (χ0n) is 8.22. The van der Waals surface area contributed by atoms with Crippen LogP contribution in [0.1, 0.15) is 31.2 Å². The molecule has 0 saturated carbocycles. The summed E-state index contributed by atoms with van der Waals surface area (Å²) in [5.41, 5.74) is 0.738. The van der Waals surface area contributed by atoms with Gasteiger partial charge in [0.2, 0.25) is 0 Å². The smallest absolute Gasteiger partial charge is 0.282 e. The molecule has 3 nitrogen and oxygen atoms in total. The molecule has 78 valence electrons. The predicted octanol–water partition coefficient (Wildman–Crippen LogP) is 1.20. The fourth-order valence-electron chi connectivity index (χ4n) is 1.56. The molecule has 0 saturated heterocycles. The van der Waals surface area contributed by atoms with Crippen LogP contribution in [0.4, 0.5) is 0 Å². The van der Waals surface area contributed by atoms with Crippen molar-refractivity contribution in [1.82, 2.24) is 0 Å². The third kappa shape index (κ3) is 2.80. The van der Waals surface area contributed by atoms with Gasteiger partial charge >= 0.3 is 0 Å². The summed E-state index contributed by atoms with van der Waals surface area (Å²) in [6.45, 7) is 1.93. The van der Waals surface area contributed by atoms with Crippen LogP contribution in [-0.4, -0.2) is 21.3 Å². The van der Waals surface area contributed by atoms with Crippen LogP contribution < -0.4 is 0 Å². The Balaban J connectivity index is 2.89. The van der Waals surface area contributed by atoms with Gasteiger partial charge in [-0.1, -0.05) is 43.7 Å². The third-order valence-electron chi connectivity index (χ3n) is 2.25. The van der Waals surface area contributed by atoms with Gasteiger partial charge in [0.05, 0.1) is 5.92 Å². The van der Waals surface area contributed by atoms with E-state index in [1.807, 2.05) is 25.1 Å². The Labute approximate surface area is 83.6 Å². The molecular weight excluding hydrogens is 180 g/mol. The number of hydrogen-bond donors (Lipinski definition) is 3. The maximum atomic E-state index is 9.17. The number of benzene rings is 1. The summed E-state index contributed by atoms with van der Waals surface area (Å²) in [7, 11) is 0. The minimum atomic E-state index is -2.63. The summed E-state index contributed by atoms with van der Waals surface area (Å²) in [6, 6.07) is 9.02. The summed E-state index contributed by atoms with van der Waals surface area (Å²) in [4.78, 5) is 0. The second-order valence-electron chi connectivity index (χ2n) is 3.44. The first-order chi connectivity index (χ1) is 6.55. The van der Waals surface area contributed by atoms with Gasteiger partial charge in [0, 0.05) is 0 Å². The molecule has 3 heteroatoms. The quantitative estimate of drug-likeness (QED) is 0.634. The van der Waals surface area contributed by atoms with Crippen LogP contribution in [0.5, 0.6) is 0 Å². The second kappa shape index (κ2) is 4.55. The lowest BCUT2D eigenvalue weighted by Crippen LogP contribution is -2.35. The molecule has 0 spiro atoms. The first-order valence-electron chi connectivity index (χ1n) is 4.77. The monoisotopic (exact) mass is 196 g/mol. The van der Waals surface area contributed by atoms with Crippen molar-refractivity contribution in [2.75, 3.05) is 0 Å². The van der Waals surface area contributed by atoms with E-state index in [0.29, 0.717) is 6.42 Å². The first-order valence-corrected chi connectivity index (χ1v) is 4.77. The van der Waals surface area contributed by atoms with Gasteiger partial charge in [0.1, 0.15) is 0 Å². The fourth-order valence-corrected chi connectivity index (χ4v) is 1.56. The molecule has 0 heterocycles. The lowest BCUT2D eigenvalue weighted by atomic mass is 9.92. The largest absolute Gasteiger partial charge is 0.343 e. The molecule has 0 amide bonds. The Morgan fingerprint density at radius 2 is 1.71 bits per heavy atom. The fraction of sp³-hybridized carbons (Fsp3) is 0.455. The molecular formula is C11H16O3. The van der Waals surface area contributed by atoms with Crippen LogP contribution in [0.3, 0.4) is 0 Å². The maximum Gasteiger partial charge on any atom is 0.282 e. The number of aliphatic hydroxyl groups is 3. The zero-order chi connectivity index (χ0) is 10.6. The Morgan fingerprint density at radius 1 is 1.14 bits per heavy atom. The molecule has 0 aliphatic carbocycles. The highest BCUT2D eigenvalue weighted by Gasteiger charge is 2.32. The lowest BCUT2D eigenvalue weighted by molar-refractivity contribution is -0.326. The van der Waals surface area contributed by atoms with Crippen molar-refractivity contribution >= 4 is 0 Å². The summed E-state index contributed by atoms with van der Waals surface area (Å²) >= 11 is 0. The summed E-state index contributed by atoms with van der Waals surface area (Å²) in [5.74, 6) is -3.27. The average Bonchev–Trinajstić information content (AvgIpc) is 2.14. The van der Waals surface area contributed by atoms with Gasteiger partial charge in [-0.3, -0.25) is 0 Å². The van der Waals surface area contributed by atoms with E-state index in [-0.39, 0.29) is 0 Å². The molecule has 14 heavy (non-hydrogen) atoms. The molecule has 1 aromatic carbocycles. The molecule has 0 radical (unpaired) electrons. The molecule has 1 unspecified atom stereocenters. The normalized spacial score (nSPS) is 14.0. The Kier molecular flexibility index (Phi) is 3.63. The standard InChI is InChI=1S/C11H16O3/c1-2-6-10(11(12,13)14)9-7-4-3-5-8-9/h3-5,7-8,10,12-14H,2,6H2,1H3. The Morgan fingerprint density at radius 3 is 2.14 bits per heavy atom. The maximum absolute atomic E-state index is 9.17. The molecule has 0 fully saturated rings. The SMILES string of the molecule is CCCC(c1ccccc1)C(O)(O)O. The topological polar surface area (TPSA) is 60.7 Å². The van der Waals surface area contributed by atoms with E-state index in [0.717, 1.165) is 12.0 Å². The van der Waals surface area contributed by atoms with Crippen molar-refractivity contribution in [3.05, 3.63) is 35.9 Å². The van der Waals surface area contributed by atoms with E-state index in [2.05, 4.69) is 0 Å². The molecule has 0 aromatic heterocycles. The summed E-state index contributed by atoms with van der Waals surface area (Å²) < 4.78 is 0. The Bertz CT molecular complexity index is 264. The van der Waals surface area contributed by atoms with Crippen molar-refractivity contribution in [3.63, 3.8) is 0 Å². The van der Waals surface area contributed by atoms with Gasteiger partial charge in [0.15, 0.2) is 0 Å². The first kappa shape index (κ1) is 11.2. The minimum absolute atomic E-state index is 0.535. The lowest BCUT2D eigenvalue weighted by Gasteiger charge is -2.25. The van der Waals surface area contributed by atoms with Crippen LogP contribution in [0.2, 0.25) is 0 Å². The second-order valence-corrected chi connectivity index (χ2v) is 3.44. The molecule has 0 bridgehead atoms. The van der Waals surface area contributed by atoms with E-state index in [1.165, 1.54) is 0 Å². The van der Waals surface area contributed by atoms with E-state index in [1.54, 1.807) is 12.1 Å². The van der Waals surface area contributed by atoms with E-state index in [9.17, 15) is 15.3 Å². The van der Waals surface area contributed by atoms with Gasteiger partial charge in [0.25, 0.3) is 5.97 Å². The van der Waals surface area contributed by atoms with Crippen molar-refractivity contribution in [1.29, 1.82) is 0 Å². The Hall–Kier alpha value is -0.900. The third-order valence-corrected chi connectivity index (χ3v) is 2.25. The molecule has 0 aliphatic heterocycles. The van der Waals surface area contributed by atoms with E-state index < -0.39 is 11.9 Å². The van der Waals surface area contributed by atoms with Gasteiger partial charge in [-0.05, 0) is 12.0 Å². The highest BCUT2D eigenvalue weighted by molar-refractivity contribution is 5.20. The van der Waals surface area contributed by atoms with Crippen molar-refractivity contribution in [2.24, 2.45) is 0 Å². The highest BCUT2D eigenvalue weighted by Crippen LogP contribution is 2.28. The molecule has 1 atom stereocenters. The summed E-state index contributed by atoms with van der Waals surface area (Å²) in [5, 5.41) is 27.5.